The largest absolute Gasteiger partial charge is 0.474 e. The summed E-state index contributed by atoms with van der Waals surface area (Å²) in [7, 11) is 0. The van der Waals surface area contributed by atoms with Crippen molar-refractivity contribution in [2.24, 2.45) is 0 Å². The lowest BCUT2D eigenvalue weighted by molar-refractivity contribution is -0.123. The first-order chi connectivity index (χ1) is 13.5. The van der Waals surface area contributed by atoms with Gasteiger partial charge in [0, 0.05) is 11.3 Å². The molecule has 0 radical (unpaired) electrons. The maximum absolute atomic E-state index is 13.1. The molecule has 28 heavy (non-hydrogen) atoms. The molecular formula is C23H19ClN2O2. The Hall–Kier alpha value is -3.29. The maximum atomic E-state index is 13.1. The highest BCUT2D eigenvalue weighted by Gasteiger charge is 2.24. The van der Waals surface area contributed by atoms with Crippen LogP contribution in [0.1, 0.15) is 28.4 Å². The fraction of sp³-hybridized carbons (Fsp3) is 0.130. The van der Waals surface area contributed by atoms with Gasteiger partial charge in [-0.05, 0) is 49.2 Å². The number of halogens is 1. The Kier molecular flexibility index (Phi) is 5.98. The molecule has 0 aromatic heterocycles. The van der Waals surface area contributed by atoms with Crippen molar-refractivity contribution in [3.05, 3.63) is 94.0 Å². The van der Waals surface area contributed by atoms with Gasteiger partial charge in [0.2, 0.25) is 6.10 Å². The molecule has 0 bridgehead atoms. The molecule has 0 spiro atoms. The van der Waals surface area contributed by atoms with Crippen LogP contribution in [0.4, 0.5) is 5.69 Å². The van der Waals surface area contributed by atoms with Gasteiger partial charge in [-0.2, -0.15) is 5.26 Å². The van der Waals surface area contributed by atoms with Crippen LogP contribution in [0.25, 0.3) is 0 Å². The summed E-state index contributed by atoms with van der Waals surface area (Å²) in [4.78, 5) is 13.1. The van der Waals surface area contributed by atoms with Gasteiger partial charge < -0.3 is 10.1 Å². The first-order valence-corrected chi connectivity index (χ1v) is 9.15. The van der Waals surface area contributed by atoms with Crippen LogP contribution in [0.15, 0.2) is 66.7 Å². The minimum absolute atomic E-state index is 0.277. The molecule has 0 unspecified atom stereocenters. The molecule has 0 aliphatic rings. The Balaban J connectivity index is 1.92. The molecule has 0 aliphatic carbocycles. The van der Waals surface area contributed by atoms with Gasteiger partial charge in [-0.1, -0.05) is 54.1 Å². The zero-order valence-electron chi connectivity index (χ0n) is 15.6. The normalized spacial score (nSPS) is 11.4. The average Bonchev–Trinajstić information content (AvgIpc) is 2.70. The van der Waals surface area contributed by atoms with Crippen molar-refractivity contribution in [1.82, 2.24) is 0 Å². The average molecular weight is 391 g/mol. The number of hydrogen-bond donors (Lipinski definition) is 1. The second kappa shape index (κ2) is 8.60. The number of benzene rings is 3. The van der Waals surface area contributed by atoms with Crippen molar-refractivity contribution in [2.45, 2.75) is 20.0 Å². The number of rotatable bonds is 5. The van der Waals surface area contributed by atoms with E-state index in [4.69, 9.17) is 21.6 Å². The molecule has 3 aromatic carbocycles. The fourth-order valence-corrected chi connectivity index (χ4v) is 2.99. The van der Waals surface area contributed by atoms with Crippen molar-refractivity contribution < 1.29 is 9.53 Å². The van der Waals surface area contributed by atoms with E-state index in [0.29, 0.717) is 16.9 Å². The third-order valence-corrected chi connectivity index (χ3v) is 4.59. The topological polar surface area (TPSA) is 62.1 Å². The van der Waals surface area contributed by atoms with E-state index < -0.39 is 6.10 Å². The van der Waals surface area contributed by atoms with Crippen LogP contribution in [0.2, 0.25) is 5.02 Å². The Bertz CT molecular complexity index is 1040. The fourth-order valence-electron chi connectivity index (χ4n) is 2.76. The lowest BCUT2D eigenvalue weighted by Crippen LogP contribution is -2.26. The quantitative estimate of drug-likeness (QED) is 0.617. The summed E-state index contributed by atoms with van der Waals surface area (Å²) in [5, 5.41) is 12.2. The van der Waals surface area contributed by atoms with Gasteiger partial charge in [-0.15, -0.1) is 0 Å². The summed E-state index contributed by atoms with van der Waals surface area (Å²) < 4.78 is 5.98. The Morgan fingerprint density at radius 1 is 1.07 bits per heavy atom. The number of nitrogens with one attached hydrogen (secondary N) is 1. The van der Waals surface area contributed by atoms with Crippen molar-refractivity contribution in [3.8, 4) is 11.8 Å². The molecule has 3 rings (SSSR count). The number of aryl methyl sites for hydroxylation is 2. The van der Waals surface area contributed by atoms with Crippen LogP contribution in [0, 0.1) is 25.2 Å². The molecule has 0 saturated carbocycles. The number of carbonyl (C=O) groups excluding carboxylic acids is 1. The SMILES string of the molecule is Cc1ccc(C)c(NC(=O)[C@H](Oc2ccc(C#N)cc2Cl)c2ccccc2)c1. The lowest BCUT2D eigenvalue weighted by Gasteiger charge is -2.20. The van der Waals surface area contributed by atoms with Crippen LogP contribution in [-0.2, 0) is 4.79 Å². The van der Waals surface area contributed by atoms with E-state index in [9.17, 15) is 4.79 Å². The number of nitrogens with zero attached hydrogens (tertiary/aromatic N) is 1. The highest BCUT2D eigenvalue weighted by molar-refractivity contribution is 6.32. The molecule has 1 amide bonds. The van der Waals surface area contributed by atoms with E-state index in [1.54, 1.807) is 12.1 Å². The number of amides is 1. The van der Waals surface area contributed by atoms with Gasteiger partial charge in [0.1, 0.15) is 5.75 Å². The van der Waals surface area contributed by atoms with Crippen LogP contribution in [0.5, 0.6) is 5.75 Å². The Morgan fingerprint density at radius 3 is 2.50 bits per heavy atom. The monoisotopic (exact) mass is 390 g/mol. The van der Waals surface area contributed by atoms with E-state index in [0.717, 1.165) is 16.8 Å². The second-order valence-electron chi connectivity index (χ2n) is 6.47. The third-order valence-electron chi connectivity index (χ3n) is 4.30. The zero-order valence-corrected chi connectivity index (χ0v) is 16.3. The number of nitriles is 1. The number of hydrogen-bond acceptors (Lipinski definition) is 3. The molecule has 0 saturated heterocycles. The standard InChI is InChI=1S/C23H19ClN2O2/c1-15-8-9-16(2)20(12-15)26-23(27)22(18-6-4-3-5-7-18)28-21-11-10-17(14-25)13-19(21)24/h3-13,22H,1-2H3,(H,26,27)/t22-/m1/s1. The molecule has 0 fully saturated rings. The van der Waals surface area contributed by atoms with Crippen LogP contribution in [-0.4, -0.2) is 5.91 Å². The summed E-state index contributed by atoms with van der Waals surface area (Å²) in [6.45, 7) is 3.90. The molecular weight excluding hydrogens is 372 g/mol. The number of carbonyl (C=O) groups is 1. The minimum atomic E-state index is -0.897. The van der Waals surface area contributed by atoms with E-state index in [1.165, 1.54) is 6.07 Å². The summed E-state index contributed by atoms with van der Waals surface area (Å²) >= 11 is 6.24. The van der Waals surface area contributed by atoms with Crippen LogP contribution >= 0.6 is 11.6 Å². The summed E-state index contributed by atoms with van der Waals surface area (Å²) in [6.07, 6.45) is -0.897. The van der Waals surface area contributed by atoms with E-state index in [2.05, 4.69) is 5.32 Å². The summed E-state index contributed by atoms with van der Waals surface area (Å²) in [5.74, 6) is 0.0333. The number of ether oxygens (including phenoxy) is 1. The predicted molar refractivity (Wildman–Crippen MR) is 111 cm³/mol. The van der Waals surface area contributed by atoms with E-state index in [-0.39, 0.29) is 10.9 Å². The van der Waals surface area contributed by atoms with Gasteiger partial charge >= 0.3 is 0 Å². The molecule has 0 heterocycles. The van der Waals surface area contributed by atoms with Gasteiger partial charge in [-0.3, -0.25) is 4.79 Å². The van der Waals surface area contributed by atoms with Gasteiger partial charge in [-0.25, -0.2) is 0 Å². The third kappa shape index (κ3) is 4.51. The maximum Gasteiger partial charge on any atom is 0.270 e. The number of anilines is 1. The van der Waals surface area contributed by atoms with E-state index in [1.807, 2.05) is 68.4 Å². The molecule has 5 heteroatoms. The first kappa shape index (κ1) is 19.5. The molecule has 3 aromatic rings. The van der Waals surface area contributed by atoms with Crippen molar-refractivity contribution in [2.75, 3.05) is 5.32 Å². The Labute approximate surface area is 169 Å². The Morgan fingerprint density at radius 2 is 1.82 bits per heavy atom. The molecule has 0 aliphatic heterocycles. The van der Waals surface area contributed by atoms with Crippen molar-refractivity contribution in [1.29, 1.82) is 5.26 Å². The van der Waals surface area contributed by atoms with Crippen molar-refractivity contribution >= 4 is 23.2 Å². The van der Waals surface area contributed by atoms with Crippen LogP contribution < -0.4 is 10.1 Å². The van der Waals surface area contributed by atoms with Gasteiger partial charge in [0.05, 0.1) is 16.7 Å². The highest BCUT2D eigenvalue weighted by atomic mass is 35.5. The van der Waals surface area contributed by atoms with E-state index >= 15 is 0 Å². The van der Waals surface area contributed by atoms with Crippen molar-refractivity contribution in [3.63, 3.8) is 0 Å². The zero-order chi connectivity index (χ0) is 20.1. The minimum Gasteiger partial charge on any atom is -0.474 e. The molecule has 1 atom stereocenters. The highest BCUT2D eigenvalue weighted by Crippen LogP contribution is 2.31. The van der Waals surface area contributed by atoms with Crippen LogP contribution in [0.3, 0.4) is 0 Å². The van der Waals surface area contributed by atoms with Gasteiger partial charge in [0.15, 0.2) is 0 Å². The smallest absolute Gasteiger partial charge is 0.270 e. The molecule has 140 valence electrons. The molecule has 1 N–H and O–H groups in total. The summed E-state index contributed by atoms with van der Waals surface area (Å²) in [6, 6.07) is 21.8. The summed E-state index contributed by atoms with van der Waals surface area (Å²) in [5.41, 5.74) is 3.87. The first-order valence-electron chi connectivity index (χ1n) is 8.77. The lowest BCUT2D eigenvalue weighted by atomic mass is 10.1. The van der Waals surface area contributed by atoms with Gasteiger partial charge in [0.25, 0.3) is 5.91 Å². The predicted octanol–water partition coefficient (Wildman–Crippen LogP) is 5.59. The molecule has 4 nitrogen and oxygen atoms in total. The second-order valence-corrected chi connectivity index (χ2v) is 6.88.